The van der Waals surface area contributed by atoms with Gasteiger partial charge in [-0.15, -0.1) is 0 Å². The van der Waals surface area contributed by atoms with Gasteiger partial charge in [-0.05, 0) is 99.6 Å². The summed E-state index contributed by atoms with van der Waals surface area (Å²) in [5.41, 5.74) is 2.44. The highest BCUT2D eigenvalue weighted by Crippen LogP contribution is 2.35. The number of carbonyl (C=O) groups is 1. The van der Waals surface area contributed by atoms with Crippen molar-refractivity contribution in [3.8, 4) is 0 Å². The van der Waals surface area contributed by atoms with Gasteiger partial charge in [0, 0.05) is 43.6 Å². The molecule has 8 rings (SSSR count). The normalized spacial score (nSPS) is 20.3. The van der Waals surface area contributed by atoms with Crippen LogP contribution in [0, 0.1) is 23.3 Å². The van der Waals surface area contributed by atoms with Gasteiger partial charge in [-0.2, -0.15) is 0 Å². The zero-order chi connectivity index (χ0) is 37.2. The van der Waals surface area contributed by atoms with E-state index in [-0.39, 0.29) is 31.0 Å². The minimum absolute atomic E-state index is 0.0675. The Morgan fingerprint density at radius 1 is 0.750 bits per heavy atom. The van der Waals surface area contributed by atoms with E-state index in [1.165, 1.54) is 48.5 Å². The van der Waals surface area contributed by atoms with Crippen LogP contribution < -0.4 is 0 Å². The quantitative estimate of drug-likeness (QED) is 0.0948. The van der Waals surface area contributed by atoms with Gasteiger partial charge in [-0.3, -0.25) is 0 Å². The molecule has 4 atom stereocenters. The largest absolute Gasteiger partial charge is 0.509 e. The molecule has 0 aliphatic carbocycles. The number of H-pyrrole nitrogens is 1. The van der Waals surface area contributed by atoms with Crippen LogP contribution in [0.4, 0.5) is 22.4 Å². The smallest absolute Gasteiger partial charge is 0.429 e. The van der Waals surface area contributed by atoms with Crippen LogP contribution in [0.1, 0.15) is 26.8 Å². The second kappa shape index (κ2) is 15.3. The third-order valence-corrected chi connectivity index (χ3v) is 8.43. The number of aromatic amines is 1. The lowest BCUT2D eigenvalue weighted by molar-refractivity contribution is -0.113. The molecular weight excluding hydrogens is 684 g/mol. The number of hydrogen-bond donors (Lipinski definition) is 3. The van der Waals surface area contributed by atoms with Crippen molar-refractivity contribution < 1.29 is 51.5 Å². The minimum atomic E-state index is -1.02. The van der Waals surface area contributed by atoms with Crippen molar-refractivity contribution in [2.45, 2.75) is 50.7 Å². The summed E-state index contributed by atoms with van der Waals surface area (Å²) in [4.78, 5) is 14.3. The molecular formula is C39H38F4N2O7. The lowest BCUT2D eigenvalue weighted by Crippen LogP contribution is -2.44. The molecule has 13 heteroatoms. The molecule has 0 spiro atoms. The molecule has 0 amide bonds. The Morgan fingerprint density at radius 3 is 1.77 bits per heavy atom. The maximum Gasteiger partial charge on any atom is 0.509 e. The SMILES string of the molecule is CC(C)(C)OC(=O)OC1C=CCOC1.Fc1ccc2[nH]c3ccc(F)cc3c2c1.O[C@H]1[C@@H](O)COC[C@@H]1n1c2ccc(F)cc2c2cc(F)ccc21. The van der Waals surface area contributed by atoms with Crippen molar-refractivity contribution >= 4 is 49.8 Å². The summed E-state index contributed by atoms with van der Waals surface area (Å²) in [7, 11) is 0. The number of nitrogens with zero attached hydrogens (tertiary/aromatic N) is 1. The van der Waals surface area contributed by atoms with E-state index in [9.17, 15) is 32.6 Å². The number of ether oxygens (including phenoxy) is 4. The third kappa shape index (κ3) is 8.39. The Balaban J connectivity index is 0.000000140. The van der Waals surface area contributed by atoms with Crippen LogP contribution in [0.2, 0.25) is 0 Å². The van der Waals surface area contributed by atoms with E-state index in [4.69, 9.17) is 18.9 Å². The second-order valence-corrected chi connectivity index (χ2v) is 13.4. The molecule has 1 unspecified atom stereocenters. The van der Waals surface area contributed by atoms with Crippen molar-refractivity contribution in [3.05, 3.63) is 108 Å². The molecule has 0 saturated carbocycles. The van der Waals surface area contributed by atoms with E-state index in [1.54, 1.807) is 55.7 Å². The molecule has 0 radical (unpaired) electrons. The summed E-state index contributed by atoms with van der Waals surface area (Å²) in [6.45, 7) is 6.64. The third-order valence-electron chi connectivity index (χ3n) is 8.43. The topological polar surface area (TPSA) is 115 Å². The first-order valence-electron chi connectivity index (χ1n) is 16.6. The van der Waals surface area contributed by atoms with Gasteiger partial charge in [0.05, 0.1) is 32.5 Å². The fraction of sp³-hybridized carbons (Fsp3) is 0.308. The van der Waals surface area contributed by atoms with Gasteiger partial charge in [0.25, 0.3) is 0 Å². The van der Waals surface area contributed by atoms with Crippen LogP contribution in [0.25, 0.3) is 43.6 Å². The van der Waals surface area contributed by atoms with Crippen LogP contribution in [-0.4, -0.2) is 76.3 Å². The first kappa shape index (κ1) is 36.8. The molecule has 2 aromatic heterocycles. The van der Waals surface area contributed by atoms with Gasteiger partial charge in [-0.1, -0.05) is 6.08 Å². The Kier molecular flexibility index (Phi) is 10.9. The van der Waals surface area contributed by atoms with Gasteiger partial charge >= 0.3 is 6.16 Å². The van der Waals surface area contributed by atoms with E-state index in [1.807, 2.05) is 6.08 Å². The van der Waals surface area contributed by atoms with E-state index in [2.05, 4.69) is 4.98 Å². The van der Waals surface area contributed by atoms with Crippen molar-refractivity contribution in [2.24, 2.45) is 0 Å². The maximum atomic E-state index is 13.6. The predicted molar refractivity (Wildman–Crippen MR) is 188 cm³/mol. The van der Waals surface area contributed by atoms with Crippen LogP contribution in [0.5, 0.6) is 0 Å². The van der Waals surface area contributed by atoms with Crippen molar-refractivity contribution in [1.82, 2.24) is 9.55 Å². The highest BCUT2D eigenvalue weighted by molar-refractivity contribution is 6.08. The minimum Gasteiger partial charge on any atom is -0.429 e. The second-order valence-electron chi connectivity index (χ2n) is 13.4. The number of halogens is 4. The van der Waals surface area contributed by atoms with Gasteiger partial charge in [0.15, 0.2) is 0 Å². The van der Waals surface area contributed by atoms with Crippen LogP contribution in [-0.2, 0) is 18.9 Å². The lowest BCUT2D eigenvalue weighted by atomic mass is 10.0. The van der Waals surface area contributed by atoms with Gasteiger partial charge in [0.2, 0.25) is 0 Å². The average Bonchev–Trinajstić information content (AvgIpc) is 3.60. The molecule has 0 bridgehead atoms. The maximum absolute atomic E-state index is 13.6. The summed E-state index contributed by atoms with van der Waals surface area (Å²) in [5, 5.41) is 22.8. The number of rotatable bonds is 2. The number of carbonyl (C=O) groups excluding carboxylic acids is 1. The molecule has 1 saturated heterocycles. The summed E-state index contributed by atoms with van der Waals surface area (Å²) >= 11 is 0. The van der Waals surface area contributed by atoms with Crippen molar-refractivity contribution in [3.63, 3.8) is 0 Å². The highest BCUT2D eigenvalue weighted by atomic mass is 19.1. The monoisotopic (exact) mass is 722 g/mol. The van der Waals surface area contributed by atoms with E-state index in [0.717, 1.165) is 11.0 Å². The summed E-state index contributed by atoms with van der Waals surface area (Å²) in [5.74, 6) is -1.46. The summed E-state index contributed by atoms with van der Waals surface area (Å²) in [6, 6.07) is 16.9. The molecule has 52 heavy (non-hydrogen) atoms. The molecule has 1 fully saturated rings. The standard InChI is InChI=1S/C17H15F2NO3.C12H7F2N.C10H16O4/c18-9-1-3-13-11(5-9)12-6-10(19)2-4-14(12)20(13)15-7-23-8-16(21)17(15)22;13-7-1-3-11-9(5-7)10-6-8(14)2-4-12(10)15-11;1-10(2,3)14-9(11)13-8-5-4-6-12-7-8/h1-6,15-17,21-22H,7-8H2;1-6,15H;4-5,8H,6-7H2,1-3H3/t15-,16-,17+;;/m0../s1. The Labute approximate surface area is 295 Å². The number of benzene rings is 4. The van der Waals surface area contributed by atoms with Crippen LogP contribution >= 0.6 is 0 Å². The molecule has 6 aromatic rings. The molecule has 274 valence electrons. The van der Waals surface area contributed by atoms with Crippen LogP contribution in [0.3, 0.4) is 0 Å². The molecule has 4 aromatic carbocycles. The van der Waals surface area contributed by atoms with Crippen molar-refractivity contribution in [1.29, 1.82) is 0 Å². The fourth-order valence-corrected chi connectivity index (χ4v) is 6.17. The van der Waals surface area contributed by atoms with E-state index < -0.39 is 41.6 Å². The van der Waals surface area contributed by atoms with Crippen molar-refractivity contribution in [2.75, 3.05) is 26.4 Å². The average molecular weight is 723 g/mol. The Morgan fingerprint density at radius 2 is 1.27 bits per heavy atom. The number of aliphatic hydroxyl groups is 2. The first-order chi connectivity index (χ1) is 24.8. The van der Waals surface area contributed by atoms with Gasteiger partial charge in [0.1, 0.15) is 47.2 Å². The summed E-state index contributed by atoms with van der Waals surface area (Å²) in [6.07, 6.45) is 0.627. The van der Waals surface area contributed by atoms with E-state index in [0.29, 0.717) is 45.8 Å². The number of aliphatic hydroxyl groups excluding tert-OH is 2. The summed E-state index contributed by atoms with van der Waals surface area (Å²) < 4.78 is 75.6. The number of aromatic nitrogens is 2. The Hall–Kier alpha value is -4.95. The lowest BCUT2D eigenvalue weighted by Gasteiger charge is -2.33. The number of hydrogen-bond acceptors (Lipinski definition) is 7. The predicted octanol–water partition coefficient (Wildman–Crippen LogP) is 7.86. The molecule has 3 N–H and O–H groups in total. The molecule has 4 heterocycles. The Bertz CT molecular complexity index is 2130. The van der Waals surface area contributed by atoms with Crippen LogP contribution in [0.15, 0.2) is 84.9 Å². The number of nitrogens with one attached hydrogen (secondary N) is 1. The molecule has 2 aliphatic heterocycles. The number of fused-ring (bicyclic) bond motifs is 6. The van der Waals surface area contributed by atoms with Gasteiger partial charge < -0.3 is 38.7 Å². The molecule has 9 nitrogen and oxygen atoms in total. The highest BCUT2D eigenvalue weighted by Gasteiger charge is 2.34. The zero-order valence-electron chi connectivity index (χ0n) is 28.6. The first-order valence-corrected chi connectivity index (χ1v) is 16.6. The van der Waals surface area contributed by atoms with Gasteiger partial charge in [-0.25, -0.2) is 22.4 Å². The fourth-order valence-electron chi connectivity index (χ4n) is 6.17. The molecule has 2 aliphatic rings. The zero-order valence-corrected chi connectivity index (χ0v) is 28.6. The van der Waals surface area contributed by atoms with E-state index >= 15 is 0 Å².